The van der Waals surface area contributed by atoms with Gasteiger partial charge in [-0.25, -0.2) is 4.98 Å². The second kappa shape index (κ2) is 7.33. The van der Waals surface area contributed by atoms with Crippen molar-refractivity contribution in [3.05, 3.63) is 72.5 Å². The Morgan fingerprint density at radius 2 is 2.00 bits per heavy atom. The van der Waals surface area contributed by atoms with Crippen LogP contribution in [0.15, 0.2) is 69.9 Å². The molecule has 0 unspecified atom stereocenters. The fourth-order valence-corrected chi connectivity index (χ4v) is 2.78. The fourth-order valence-electron chi connectivity index (χ4n) is 2.78. The van der Waals surface area contributed by atoms with E-state index in [1.807, 2.05) is 60.3 Å². The highest BCUT2D eigenvalue weighted by Crippen LogP contribution is 2.20. The molecule has 1 amide bonds. The van der Waals surface area contributed by atoms with E-state index in [1.165, 1.54) is 0 Å². The van der Waals surface area contributed by atoms with E-state index in [0.29, 0.717) is 18.7 Å². The van der Waals surface area contributed by atoms with E-state index in [1.54, 1.807) is 12.3 Å². The van der Waals surface area contributed by atoms with Gasteiger partial charge in [0.05, 0.1) is 6.26 Å². The summed E-state index contributed by atoms with van der Waals surface area (Å²) < 4.78 is 12.5. The maximum Gasteiger partial charge on any atom is 0.273 e. The van der Waals surface area contributed by atoms with Crippen molar-refractivity contribution in [1.82, 2.24) is 20.0 Å². The SMILES string of the molecule is Cn1cc(-c2ccco2)nc1CCNC(=O)c1cc(-c2ccccc2)on1. The van der Waals surface area contributed by atoms with Crippen molar-refractivity contribution < 1.29 is 13.7 Å². The lowest BCUT2D eigenvalue weighted by Gasteiger charge is -2.03. The van der Waals surface area contributed by atoms with Crippen molar-refractivity contribution in [2.45, 2.75) is 6.42 Å². The van der Waals surface area contributed by atoms with Crippen LogP contribution in [-0.2, 0) is 13.5 Å². The first kappa shape index (κ1) is 16.8. The molecule has 0 spiro atoms. The molecule has 0 aliphatic rings. The Kier molecular flexibility index (Phi) is 4.57. The van der Waals surface area contributed by atoms with E-state index >= 15 is 0 Å². The summed E-state index contributed by atoms with van der Waals surface area (Å²) in [7, 11) is 1.92. The van der Waals surface area contributed by atoms with Gasteiger partial charge in [-0.2, -0.15) is 0 Å². The van der Waals surface area contributed by atoms with Crippen molar-refractivity contribution in [1.29, 1.82) is 0 Å². The van der Waals surface area contributed by atoms with Crippen LogP contribution in [0, 0.1) is 0 Å². The molecular weight excluding hydrogens is 344 g/mol. The number of aryl methyl sites for hydroxylation is 1. The van der Waals surface area contributed by atoms with Gasteiger partial charge in [0.25, 0.3) is 5.91 Å². The highest BCUT2D eigenvalue weighted by Gasteiger charge is 2.14. The number of benzene rings is 1. The van der Waals surface area contributed by atoms with E-state index in [-0.39, 0.29) is 11.6 Å². The molecule has 0 aliphatic carbocycles. The van der Waals surface area contributed by atoms with Crippen molar-refractivity contribution in [3.8, 4) is 22.8 Å². The van der Waals surface area contributed by atoms with Crippen molar-refractivity contribution >= 4 is 5.91 Å². The number of carbonyl (C=O) groups is 1. The van der Waals surface area contributed by atoms with Crippen LogP contribution in [0.25, 0.3) is 22.8 Å². The van der Waals surface area contributed by atoms with Gasteiger partial charge in [0.15, 0.2) is 17.2 Å². The van der Waals surface area contributed by atoms with Crippen LogP contribution in [0.4, 0.5) is 0 Å². The zero-order valence-electron chi connectivity index (χ0n) is 14.8. The molecule has 1 N–H and O–H groups in total. The van der Waals surface area contributed by atoms with Gasteiger partial charge in [-0.05, 0) is 12.1 Å². The van der Waals surface area contributed by atoms with Gasteiger partial charge < -0.3 is 18.8 Å². The topological polar surface area (TPSA) is 86.1 Å². The van der Waals surface area contributed by atoms with Crippen molar-refractivity contribution in [2.75, 3.05) is 6.54 Å². The normalized spacial score (nSPS) is 10.9. The lowest BCUT2D eigenvalue weighted by atomic mass is 10.1. The van der Waals surface area contributed by atoms with Crippen molar-refractivity contribution in [2.24, 2.45) is 7.05 Å². The molecule has 3 heterocycles. The Morgan fingerprint density at radius 3 is 2.78 bits per heavy atom. The minimum atomic E-state index is -0.276. The highest BCUT2D eigenvalue weighted by atomic mass is 16.5. The summed E-state index contributed by atoms with van der Waals surface area (Å²) in [6.45, 7) is 0.439. The van der Waals surface area contributed by atoms with Gasteiger partial charge >= 0.3 is 0 Å². The number of aromatic nitrogens is 3. The molecule has 0 fully saturated rings. The van der Waals surface area contributed by atoms with Crippen LogP contribution in [0.3, 0.4) is 0 Å². The molecule has 4 aromatic rings. The number of nitrogens with zero attached hydrogens (tertiary/aromatic N) is 3. The zero-order chi connectivity index (χ0) is 18.6. The van der Waals surface area contributed by atoms with Gasteiger partial charge in [0, 0.05) is 37.8 Å². The predicted molar refractivity (Wildman–Crippen MR) is 98.9 cm³/mol. The van der Waals surface area contributed by atoms with E-state index in [2.05, 4.69) is 15.5 Å². The Bertz CT molecular complexity index is 1030. The average molecular weight is 362 g/mol. The number of hydrogen-bond acceptors (Lipinski definition) is 5. The first-order valence-corrected chi connectivity index (χ1v) is 8.57. The van der Waals surface area contributed by atoms with Gasteiger partial charge in [-0.3, -0.25) is 4.79 Å². The number of rotatable bonds is 6. The highest BCUT2D eigenvalue weighted by molar-refractivity contribution is 5.93. The van der Waals surface area contributed by atoms with Crippen LogP contribution in [0.5, 0.6) is 0 Å². The van der Waals surface area contributed by atoms with E-state index in [9.17, 15) is 4.79 Å². The number of carbonyl (C=O) groups excluding carboxylic acids is 1. The molecule has 7 heteroatoms. The molecule has 0 saturated heterocycles. The predicted octanol–water partition coefficient (Wildman–Crippen LogP) is 3.31. The molecule has 3 aromatic heterocycles. The Morgan fingerprint density at radius 1 is 1.15 bits per heavy atom. The monoisotopic (exact) mass is 362 g/mol. The van der Waals surface area contributed by atoms with Crippen molar-refractivity contribution in [3.63, 3.8) is 0 Å². The third kappa shape index (κ3) is 3.67. The summed E-state index contributed by atoms with van der Waals surface area (Å²) in [5, 5.41) is 6.70. The van der Waals surface area contributed by atoms with E-state index in [0.717, 1.165) is 22.8 Å². The quantitative estimate of drug-likeness (QED) is 0.569. The fraction of sp³-hybridized carbons (Fsp3) is 0.150. The Hall–Kier alpha value is -3.61. The van der Waals surface area contributed by atoms with Crippen LogP contribution in [-0.4, -0.2) is 27.2 Å². The van der Waals surface area contributed by atoms with Gasteiger partial charge in [0.2, 0.25) is 0 Å². The molecule has 0 saturated carbocycles. The molecule has 0 atom stereocenters. The third-order valence-electron chi connectivity index (χ3n) is 4.18. The first-order chi connectivity index (χ1) is 13.2. The number of hydrogen-bond donors (Lipinski definition) is 1. The standard InChI is InChI=1S/C20H18N4O3/c1-24-13-16(17-8-5-11-26-17)22-19(24)9-10-21-20(25)15-12-18(27-23-15)14-6-3-2-4-7-14/h2-8,11-13H,9-10H2,1H3,(H,21,25). The molecule has 136 valence electrons. The summed E-state index contributed by atoms with van der Waals surface area (Å²) in [4.78, 5) is 16.8. The molecule has 1 aromatic carbocycles. The summed E-state index contributed by atoms with van der Waals surface area (Å²) in [5.74, 6) is 1.86. The Labute approximate surface area is 155 Å². The molecule has 27 heavy (non-hydrogen) atoms. The lowest BCUT2D eigenvalue weighted by Crippen LogP contribution is -2.26. The lowest BCUT2D eigenvalue weighted by molar-refractivity contribution is 0.0945. The molecule has 7 nitrogen and oxygen atoms in total. The summed E-state index contributed by atoms with van der Waals surface area (Å²) in [5.41, 5.74) is 1.90. The number of nitrogens with one attached hydrogen (secondary N) is 1. The molecule has 0 radical (unpaired) electrons. The number of amides is 1. The second-order valence-electron chi connectivity index (χ2n) is 6.08. The first-order valence-electron chi connectivity index (χ1n) is 8.57. The minimum absolute atomic E-state index is 0.255. The van der Waals surface area contributed by atoms with E-state index in [4.69, 9.17) is 8.94 Å². The van der Waals surface area contributed by atoms with E-state index < -0.39 is 0 Å². The summed E-state index contributed by atoms with van der Waals surface area (Å²) in [6, 6.07) is 14.9. The van der Waals surface area contributed by atoms with Gasteiger partial charge in [0.1, 0.15) is 11.5 Å². The average Bonchev–Trinajstić information content (AvgIpc) is 3.44. The second-order valence-corrected chi connectivity index (χ2v) is 6.08. The third-order valence-corrected chi connectivity index (χ3v) is 4.18. The zero-order valence-corrected chi connectivity index (χ0v) is 14.8. The summed E-state index contributed by atoms with van der Waals surface area (Å²) in [6.07, 6.45) is 4.11. The van der Waals surface area contributed by atoms with Gasteiger partial charge in [-0.15, -0.1) is 0 Å². The number of furan rings is 1. The largest absolute Gasteiger partial charge is 0.463 e. The maximum absolute atomic E-state index is 12.3. The summed E-state index contributed by atoms with van der Waals surface area (Å²) >= 11 is 0. The molecular formula is C20H18N4O3. The van der Waals surface area contributed by atoms with Crippen LogP contribution < -0.4 is 5.32 Å². The van der Waals surface area contributed by atoms with Crippen LogP contribution in [0.1, 0.15) is 16.3 Å². The molecule has 4 rings (SSSR count). The number of imidazole rings is 1. The minimum Gasteiger partial charge on any atom is -0.463 e. The van der Waals surface area contributed by atoms with Crippen LogP contribution in [0.2, 0.25) is 0 Å². The molecule has 0 aliphatic heterocycles. The Balaban J connectivity index is 1.36. The smallest absolute Gasteiger partial charge is 0.273 e. The van der Waals surface area contributed by atoms with Crippen LogP contribution >= 0.6 is 0 Å². The molecule has 0 bridgehead atoms. The maximum atomic E-state index is 12.3. The van der Waals surface area contributed by atoms with Gasteiger partial charge in [-0.1, -0.05) is 35.5 Å².